The van der Waals surface area contributed by atoms with Gasteiger partial charge in [-0.3, -0.25) is 4.79 Å². The van der Waals surface area contributed by atoms with Crippen LogP contribution in [0.1, 0.15) is 28.4 Å². The smallest absolute Gasteiger partial charge is 0.231 e. The van der Waals surface area contributed by atoms with Gasteiger partial charge in [-0.05, 0) is 47.9 Å². The summed E-state index contributed by atoms with van der Waals surface area (Å²) in [4.78, 5) is 12.4. The van der Waals surface area contributed by atoms with Crippen LogP contribution in [0.4, 0.5) is 0 Å². The molecule has 0 saturated carbocycles. The van der Waals surface area contributed by atoms with Gasteiger partial charge in [0.1, 0.15) is 11.5 Å². The maximum absolute atomic E-state index is 12.4. The van der Waals surface area contributed by atoms with Crippen LogP contribution in [-0.2, 0) is 6.42 Å². The summed E-state index contributed by atoms with van der Waals surface area (Å²) in [6.45, 7) is 2.06. The largest absolute Gasteiger partial charge is 0.497 e. The van der Waals surface area contributed by atoms with Gasteiger partial charge < -0.3 is 9.47 Å². The predicted molar refractivity (Wildman–Crippen MR) is 81.7 cm³/mol. The third-order valence-electron chi connectivity index (χ3n) is 3.53. The zero-order chi connectivity index (χ0) is 14.8. The van der Waals surface area contributed by atoms with Gasteiger partial charge in [0, 0.05) is 0 Å². The Hall–Kier alpha value is -2.55. The monoisotopic (exact) mass is 280 g/mol. The van der Waals surface area contributed by atoms with Crippen molar-refractivity contribution in [3.05, 3.63) is 64.9 Å². The van der Waals surface area contributed by atoms with Gasteiger partial charge in [0.15, 0.2) is 5.76 Å². The third-order valence-corrected chi connectivity index (χ3v) is 3.53. The van der Waals surface area contributed by atoms with E-state index in [0.29, 0.717) is 17.1 Å². The quantitative estimate of drug-likeness (QED) is 0.800. The standard InChI is InChI=1S/C18H16O3/c1-3-12-7-8-16-15(10-12)18(19)17(21-16)11-13-5-4-6-14(9-13)20-2/h4-11H,3H2,1-2H3/b17-11-. The second kappa shape index (κ2) is 5.44. The Morgan fingerprint density at radius 2 is 2.05 bits per heavy atom. The van der Waals surface area contributed by atoms with Gasteiger partial charge >= 0.3 is 0 Å². The number of carbonyl (C=O) groups is 1. The highest BCUT2D eigenvalue weighted by Gasteiger charge is 2.27. The summed E-state index contributed by atoms with van der Waals surface area (Å²) in [6.07, 6.45) is 2.64. The van der Waals surface area contributed by atoms with E-state index in [0.717, 1.165) is 23.3 Å². The van der Waals surface area contributed by atoms with Gasteiger partial charge in [-0.1, -0.05) is 25.1 Å². The van der Waals surface area contributed by atoms with Crippen molar-refractivity contribution < 1.29 is 14.3 Å². The van der Waals surface area contributed by atoms with Crippen LogP contribution >= 0.6 is 0 Å². The number of ketones is 1. The molecule has 0 unspecified atom stereocenters. The molecule has 0 aromatic heterocycles. The fourth-order valence-electron chi connectivity index (χ4n) is 2.34. The summed E-state index contributed by atoms with van der Waals surface area (Å²) in [5, 5.41) is 0. The number of Topliss-reactive ketones (excluding diaryl/α,β-unsaturated/α-hetero) is 1. The van der Waals surface area contributed by atoms with Crippen LogP contribution in [0.3, 0.4) is 0 Å². The Morgan fingerprint density at radius 1 is 1.19 bits per heavy atom. The van der Waals surface area contributed by atoms with E-state index in [2.05, 4.69) is 6.92 Å². The minimum atomic E-state index is -0.0666. The Morgan fingerprint density at radius 3 is 2.81 bits per heavy atom. The minimum absolute atomic E-state index is 0.0666. The van der Waals surface area contributed by atoms with Crippen LogP contribution in [-0.4, -0.2) is 12.9 Å². The topological polar surface area (TPSA) is 35.5 Å². The fourth-order valence-corrected chi connectivity index (χ4v) is 2.34. The molecule has 1 heterocycles. The highest BCUT2D eigenvalue weighted by molar-refractivity contribution is 6.14. The summed E-state index contributed by atoms with van der Waals surface area (Å²) >= 11 is 0. The number of rotatable bonds is 3. The average molecular weight is 280 g/mol. The first-order valence-corrected chi connectivity index (χ1v) is 6.92. The van der Waals surface area contributed by atoms with E-state index >= 15 is 0 Å². The molecule has 1 aliphatic heterocycles. The number of benzene rings is 2. The number of carbonyl (C=O) groups excluding carboxylic acids is 1. The van der Waals surface area contributed by atoms with Gasteiger partial charge in [-0.25, -0.2) is 0 Å². The molecule has 3 heteroatoms. The molecule has 106 valence electrons. The van der Waals surface area contributed by atoms with Crippen molar-refractivity contribution >= 4 is 11.9 Å². The lowest BCUT2D eigenvalue weighted by atomic mass is 10.0. The molecule has 2 aromatic carbocycles. The van der Waals surface area contributed by atoms with E-state index in [1.54, 1.807) is 13.2 Å². The van der Waals surface area contributed by atoms with Crippen molar-refractivity contribution in [3.8, 4) is 11.5 Å². The van der Waals surface area contributed by atoms with Crippen molar-refractivity contribution in [1.82, 2.24) is 0 Å². The molecule has 0 N–H and O–H groups in total. The third kappa shape index (κ3) is 2.55. The van der Waals surface area contributed by atoms with Crippen LogP contribution in [0.2, 0.25) is 0 Å². The first-order valence-electron chi connectivity index (χ1n) is 6.92. The molecular formula is C18H16O3. The lowest BCUT2D eigenvalue weighted by Gasteiger charge is -2.01. The Labute approximate surface area is 123 Å². The van der Waals surface area contributed by atoms with E-state index in [1.807, 2.05) is 42.5 Å². The van der Waals surface area contributed by atoms with Crippen molar-refractivity contribution in [1.29, 1.82) is 0 Å². The molecule has 0 fully saturated rings. The molecule has 0 radical (unpaired) electrons. The molecule has 0 aliphatic carbocycles. The van der Waals surface area contributed by atoms with Crippen molar-refractivity contribution in [2.75, 3.05) is 7.11 Å². The fraction of sp³-hybridized carbons (Fsp3) is 0.167. The number of aryl methyl sites for hydroxylation is 1. The SMILES string of the molecule is CCc1ccc2c(c1)C(=O)/C(=C/c1cccc(OC)c1)O2. The van der Waals surface area contributed by atoms with E-state index < -0.39 is 0 Å². The molecule has 21 heavy (non-hydrogen) atoms. The number of hydrogen-bond donors (Lipinski definition) is 0. The summed E-state index contributed by atoms with van der Waals surface area (Å²) < 4.78 is 10.9. The van der Waals surface area contributed by atoms with Crippen LogP contribution in [0, 0.1) is 0 Å². The van der Waals surface area contributed by atoms with Gasteiger partial charge in [-0.2, -0.15) is 0 Å². The summed E-state index contributed by atoms with van der Waals surface area (Å²) in [7, 11) is 1.62. The average Bonchev–Trinajstić information content (AvgIpc) is 2.83. The first-order chi connectivity index (χ1) is 10.2. The molecule has 3 nitrogen and oxygen atoms in total. The Balaban J connectivity index is 1.95. The van der Waals surface area contributed by atoms with Gasteiger partial charge in [0.05, 0.1) is 12.7 Å². The molecule has 1 aliphatic rings. The predicted octanol–water partition coefficient (Wildman–Crippen LogP) is 3.87. The second-order valence-electron chi connectivity index (χ2n) is 4.90. The van der Waals surface area contributed by atoms with E-state index in [-0.39, 0.29) is 5.78 Å². The lowest BCUT2D eigenvalue weighted by Crippen LogP contribution is -1.98. The van der Waals surface area contributed by atoms with Crippen LogP contribution in [0.25, 0.3) is 6.08 Å². The minimum Gasteiger partial charge on any atom is -0.497 e. The zero-order valence-electron chi connectivity index (χ0n) is 12.1. The number of hydrogen-bond acceptors (Lipinski definition) is 3. The molecule has 0 atom stereocenters. The number of fused-ring (bicyclic) bond motifs is 1. The second-order valence-corrected chi connectivity index (χ2v) is 4.90. The summed E-state index contributed by atoms with van der Waals surface area (Å²) in [5.41, 5.74) is 2.65. The molecule has 0 bridgehead atoms. The van der Waals surface area contributed by atoms with Crippen molar-refractivity contribution in [3.63, 3.8) is 0 Å². The number of allylic oxidation sites excluding steroid dienone is 1. The van der Waals surface area contributed by atoms with Crippen molar-refractivity contribution in [2.24, 2.45) is 0 Å². The molecule has 0 amide bonds. The van der Waals surface area contributed by atoms with Crippen LogP contribution in [0.15, 0.2) is 48.2 Å². The van der Waals surface area contributed by atoms with Gasteiger partial charge in [0.2, 0.25) is 5.78 Å². The Bertz CT molecular complexity index is 729. The maximum Gasteiger partial charge on any atom is 0.231 e. The maximum atomic E-state index is 12.4. The normalized spacial score (nSPS) is 15.0. The number of ether oxygens (including phenoxy) is 2. The van der Waals surface area contributed by atoms with Crippen molar-refractivity contribution in [2.45, 2.75) is 13.3 Å². The highest BCUT2D eigenvalue weighted by atomic mass is 16.5. The van der Waals surface area contributed by atoms with E-state index in [1.165, 1.54) is 0 Å². The zero-order valence-corrected chi connectivity index (χ0v) is 12.1. The molecule has 0 spiro atoms. The highest BCUT2D eigenvalue weighted by Crippen LogP contribution is 2.32. The Kier molecular flexibility index (Phi) is 3.48. The molecule has 2 aromatic rings. The summed E-state index contributed by atoms with van der Waals surface area (Å²) in [6, 6.07) is 13.3. The number of methoxy groups -OCH3 is 1. The van der Waals surface area contributed by atoms with Crippen LogP contribution < -0.4 is 9.47 Å². The van der Waals surface area contributed by atoms with Gasteiger partial charge in [0.25, 0.3) is 0 Å². The first kappa shape index (κ1) is 13.4. The molecule has 3 rings (SSSR count). The van der Waals surface area contributed by atoms with E-state index in [9.17, 15) is 4.79 Å². The van der Waals surface area contributed by atoms with Crippen LogP contribution in [0.5, 0.6) is 11.5 Å². The lowest BCUT2D eigenvalue weighted by molar-refractivity contribution is 0.101. The summed E-state index contributed by atoms with van der Waals surface area (Å²) in [5.74, 6) is 1.67. The molecular weight excluding hydrogens is 264 g/mol. The molecule has 0 saturated heterocycles. The van der Waals surface area contributed by atoms with E-state index in [4.69, 9.17) is 9.47 Å². The van der Waals surface area contributed by atoms with Gasteiger partial charge in [-0.15, -0.1) is 0 Å².